The van der Waals surface area contributed by atoms with E-state index in [1.807, 2.05) is 19.1 Å². The Labute approximate surface area is 120 Å². The summed E-state index contributed by atoms with van der Waals surface area (Å²) in [5.74, 6) is 0. The predicted molar refractivity (Wildman–Crippen MR) is 72.1 cm³/mol. The van der Waals surface area contributed by atoms with E-state index in [0.717, 1.165) is 16.4 Å². The molecular formula is C15H14F3N3. The number of benzene rings is 1. The maximum atomic E-state index is 13.3. The molecule has 1 heterocycles. The van der Waals surface area contributed by atoms with Gasteiger partial charge in [0.1, 0.15) is 0 Å². The summed E-state index contributed by atoms with van der Waals surface area (Å²) < 4.78 is 40.9. The van der Waals surface area contributed by atoms with Crippen molar-refractivity contribution in [1.29, 1.82) is 5.26 Å². The van der Waals surface area contributed by atoms with Crippen LogP contribution >= 0.6 is 0 Å². The summed E-state index contributed by atoms with van der Waals surface area (Å²) in [5, 5.41) is 12.5. The quantitative estimate of drug-likeness (QED) is 0.843. The average Bonchev–Trinajstić information content (AvgIpc) is 2.71. The van der Waals surface area contributed by atoms with E-state index in [1.165, 1.54) is 0 Å². The van der Waals surface area contributed by atoms with Crippen LogP contribution in [0.3, 0.4) is 0 Å². The second kappa shape index (κ2) is 5.24. The fourth-order valence-corrected chi connectivity index (χ4v) is 2.58. The number of hydrogen-bond acceptors (Lipinski definition) is 2. The van der Waals surface area contributed by atoms with Crippen LogP contribution in [0, 0.1) is 32.1 Å². The van der Waals surface area contributed by atoms with Crippen molar-refractivity contribution >= 4 is 0 Å². The zero-order valence-electron chi connectivity index (χ0n) is 11.9. The highest BCUT2D eigenvalue weighted by molar-refractivity contribution is 5.50. The lowest BCUT2D eigenvalue weighted by Crippen LogP contribution is -2.17. The molecule has 0 radical (unpaired) electrons. The summed E-state index contributed by atoms with van der Waals surface area (Å²) in [5.41, 5.74) is 1.83. The lowest BCUT2D eigenvalue weighted by Gasteiger charge is -2.16. The molecule has 3 nitrogen and oxygen atoms in total. The SMILES string of the molecule is Cc1cc(C)c(-n2ncc(CC#N)c2C(F)(F)F)c(C)c1. The number of aromatic nitrogens is 2. The third kappa shape index (κ3) is 2.77. The molecule has 110 valence electrons. The van der Waals surface area contributed by atoms with Crippen LogP contribution < -0.4 is 0 Å². The van der Waals surface area contributed by atoms with Gasteiger partial charge in [0, 0.05) is 5.56 Å². The first-order valence-electron chi connectivity index (χ1n) is 6.35. The molecule has 1 aromatic carbocycles. The van der Waals surface area contributed by atoms with Crippen LogP contribution in [-0.4, -0.2) is 9.78 Å². The van der Waals surface area contributed by atoms with Crippen LogP contribution in [0.1, 0.15) is 27.9 Å². The first-order valence-corrected chi connectivity index (χ1v) is 6.35. The molecule has 0 unspecified atom stereocenters. The van der Waals surface area contributed by atoms with Crippen LogP contribution in [0.5, 0.6) is 0 Å². The number of halogens is 3. The maximum absolute atomic E-state index is 13.3. The minimum atomic E-state index is -4.56. The Morgan fingerprint density at radius 3 is 2.24 bits per heavy atom. The zero-order valence-corrected chi connectivity index (χ0v) is 11.9. The molecule has 0 atom stereocenters. The minimum absolute atomic E-state index is 0.107. The molecule has 0 saturated heterocycles. The van der Waals surface area contributed by atoms with E-state index in [0.29, 0.717) is 16.8 Å². The van der Waals surface area contributed by atoms with E-state index in [9.17, 15) is 13.2 Å². The number of hydrogen-bond donors (Lipinski definition) is 0. The maximum Gasteiger partial charge on any atom is 0.433 e. The number of rotatable bonds is 2. The predicted octanol–water partition coefficient (Wildman–Crippen LogP) is 3.88. The highest BCUT2D eigenvalue weighted by atomic mass is 19.4. The number of alkyl halides is 3. The number of nitriles is 1. The fourth-order valence-electron chi connectivity index (χ4n) is 2.58. The van der Waals surface area contributed by atoms with Gasteiger partial charge in [-0.1, -0.05) is 17.7 Å². The first-order chi connectivity index (χ1) is 9.75. The Kier molecular flexibility index (Phi) is 3.77. The van der Waals surface area contributed by atoms with Gasteiger partial charge in [-0.25, -0.2) is 4.68 Å². The van der Waals surface area contributed by atoms with Crippen LogP contribution in [0.4, 0.5) is 13.2 Å². The molecule has 1 aromatic heterocycles. The van der Waals surface area contributed by atoms with Gasteiger partial charge in [0.15, 0.2) is 5.69 Å². The Balaban J connectivity index is 2.74. The molecule has 0 amide bonds. The Morgan fingerprint density at radius 1 is 1.19 bits per heavy atom. The highest BCUT2D eigenvalue weighted by Crippen LogP contribution is 2.35. The van der Waals surface area contributed by atoms with Crippen molar-refractivity contribution in [1.82, 2.24) is 9.78 Å². The van der Waals surface area contributed by atoms with E-state index in [-0.39, 0.29) is 12.0 Å². The van der Waals surface area contributed by atoms with Gasteiger partial charge in [-0.3, -0.25) is 0 Å². The first kappa shape index (κ1) is 15.1. The fraction of sp³-hybridized carbons (Fsp3) is 0.333. The molecule has 0 aliphatic rings. The molecule has 0 spiro atoms. The molecular weight excluding hydrogens is 279 g/mol. The molecule has 0 bridgehead atoms. The second-order valence-electron chi connectivity index (χ2n) is 5.01. The topological polar surface area (TPSA) is 41.6 Å². The third-order valence-electron chi connectivity index (χ3n) is 3.23. The van der Waals surface area contributed by atoms with Gasteiger partial charge in [0.05, 0.1) is 24.4 Å². The van der Waals surface area contributed by atoms with E-state index < -0.39 is 11.9 Å². The molecule has 6 heteroatoms. The summed E-state index contributed by atoms with van der Waals surface area (Å²) in [6, 6.07) is 5.37. The van der Waals surface area contributed by atoms with Gasteiger partial charge in [0.25, 0.3) is 0 Å². The van der Waals surface area contributed by atoms with Crippen molar-refractivity contribution in [2.45, 2.75) is 33.4 Å². The largest absolute Gasteiger partial charge is 0.433 e. The summed E-state index contributed by atoms with van der Waals surface area (Å²) >= 11 is 0. The third-order valence-corrected chi connectivity index (χ3v) is 3.23. The lowest BCUT2D eigenvalue weighted by atomic mass is 10.0. The monoisotopic (exact) mass is 293 g/mol. The normalized spacial score (nSPS) is 11.5. The van der Waals surface area contributed by atoms with Crippen molar-refractivity contribution in [3.8, 4) is 11.8 Å². The minimum Gasteiger partial charge on any atom is -0.228 e. The number of aryl methyl sites for hydroxylation is 3. The highest BCUT2D eigenvalue weighted by Gasteiger charge is 2.38. The van der Waals surface area contributed by atoms with Crippen LogP contribution in [0.2, 0.25) is 0 Å². The molecule has 0 fully saturated rings. The van der Waals surface area contributed by atoms with Crippen molar-refractivity contribution in [2.24, 2.45) is 0 Å². The van der Waals surface area contributed by atoms with Crippen molar-refractivity contribution in [3.63, 3.8) is 0 Å². The second-order valence-corrected chi connectivity index (χ2v) is 5.01. The lowest BCUT2D eigenvalue weighted by molar-refractivity contribution is -0.143. The van der Waals surface area contributed by atoms with Crippen LogP contribution in [0.25, 0.3) is 5.69 Å². The molecule has 2 rings (SSSR count). The average molecular weight is 293 g/mol. The van der Waals surface area contributed by atoms with E-state index >= 15 is 0 Å². The van der Waals surface area contributed by atoms with Gasteiger partial charge in [-0.2, -0.15) is 23.5 Å². The van der Waals surface area contributed by atoms with Gasteiger partial charge in [-0.05, 0) is 31.9 Å². The van der Waals surface area contributed by atoms with Crippen LogP contribution in [0.15, 0.2) is 18.3 Å². The Morgan fingerprint density at radius 2 is 1.76 bits per heavy atom. The van der Waals surface area contributed by atoms with E-state index in [1.54, 1.807) is 19.9 Å². The molecule has 21 heavy (non-hydrogen) atoms. The number of nitrogens with zero attached hydrogens (tertiary/aromatic N) is 3. The van der Waals surface area contributed by atoms with Gasteiger partial charge in [-0.15, -0.1) is 0 Å². The molecule has 0 aliphatic heterocycles. The standard InChI is InChI=1S/C15H14F3N3/c1-9-6-10(2)13(11(3)7-9)21-14(15(16,17)18)12(4-5-19)8-20-21/h6-8H,4H2,1-3H3. The zero-order chi connectivity index (χ0) is 15.8. The van der Waals surface area contributed by atoms with Gasteiger partial charge >= 0.3 is 6.18 Å². The molecule has 0 saturated carbocycles. The van der Waals surface area contributed by atoms with E-state index in [4.69, 9.17) is 5.26 Å². The van der Waals surface area contributed by atoms with Gasteiger partial charge < -0.3 is 0 Å². The Bertz CT molecular complexity index is 698. The summed E-state index contributed by atoms with van der Waals surface area (Å²) in [6.45, 7) is 5.39. The van der Waals surface area contributed by atoms with Crippen molar-refractivity contribution in [3.05, 3.63) is 46.3 Å². The van der Waals surface area contributed by atoms with E-state index in [2.05, 4.69) is 5.10 Å². The summed E-state index contributed by atoms with van der Waals surface area (Å²) in [6.07, 6.45) is -3.77. The molecule has 0 aliphatic carbocycles. The Hall–Kier alpha value is -2.29. The molecule has 0 N–H and O–H groups in total. The van der Waals surface area contributed by atoms with Crippen molar-refractivity contribution in [2.75, 3.05) is 0 Å². The smallest absolute Gasteiger partial charge is 0.228 e. The summed E-state index contributed by atoms with van der Waals surface area (Å²) in [4.78, 5) is 0. The summed E-state index contributed by atoms with van der Waals surface area (Å²) in [7, 11) is 0. The van der Waals surface area contributed by atoms with Gasteiger partial charge in [0.2, 0.25) is 0 Å². The van der Waals surface area contributed by atoms with Crippen molar-refractivity contribution < 1.29 is 13.2 Å². The van der Waals surface area contributed by atoms with Crippen LogP contribution in [-0.2, 0) is 12.6 Å². The molecule has 2 aromatic rings.